The van der Waals surface area contributed by atoms with Crippen molar-refractivity contribution < 1.29 is 28.2 Å². The van der Waals surface area contributed by atoms with Gasteiger partial charge in [0.25, 0.3) is 0 Å². The Bertz CT molecular complexity index is 1100. The molecule has 2 aromatic carbocycles. The summed E-state index contributed by atoms with van der Waals surface area (Å²) in [5.74, 6) is -0.824. The summed E-state index contributed by atoms with van der Waals surface area (Å²) in [5.41, 5.74) is 0.949. The van der Waals surface area contributed by atoms with Crippen LogP contribution in [0.15, 0.2) is 48.5 Å². The third kappa shape index (κ3) is 5.79. The summed E-state index contributed by atoms with van der Waals surface area (Å²) in [6.07, 6.45) is -0.0131. The average Bonchev–Trinajstić information content (AvgIpc) is 3.53. The first kappa shape index (κ1) is 25.9. The minimum atomic E-state index is -0.600. The highest BCUT2D eigenvalue weighted by Crippen LogP contribution is 2.34. The van der Waals surface area contributed by atoms with Crippen molar-refractivity contribution in [1.82, 2.24) is 14.7 Å². The first-order valence-corrected chi connectivity index (χ1v) is 12.2. The van der Waals surface area contributed by atoms with Crippen molar-refractivity contribution in [1.29, 1.82) is 0 Å². The van der Waals surface area contributed by atoms with E-state index < -0.39 is 11.9 Å². The number of hydrogen-bond donors (Lipinski definition) is 0. The average molecular weight is 518 g/mol. The van der Waals surface area contributed by atoms with E-state index in [9.17, 15) is 18.8 Å². The third-order valence-corrected chi connectivity index (χ3v) is 7.11. The maximum atomic E-state index is 13.4. The van der Waals surface area contributed by atoms with Gasteiger partial charge in [-0.25, -0.2) is 9.18 Å². The number of methoxy groups -OCH3 is 1. The number of likely N-dealkylation sites (tertiary alicyclic amines) is 2. The zero-order valence-electron chi connectivity index (χ0n) is 20.2. The predicted octanol–water partition coefficient (Wildman–Crippen LogP) is 3.40. The van der Waals surface area contributed by atoms with E-state index in [4.69, 9.17) is 21.1 Å². The molecule has 0 N–H and O–H groups in total. The van der Waals surface area contributed by atoms with Crippen molar-refractivity contribution in [2.24, 2.45) is 5.92 Å². The first-order valence-electron chi connectivity index (χ1n) is 11.8. The summed E-state index contributed by atoms with van der Waals surface area (Å²) in [7, 11) is 3.10. The van der Waals surface area contributed by atoms with Crippen molar-refractivity contribution in [3.8, 4) is 5.75 Å². The molecule has 2 aromatic rings. The molecule has 2 heterocycles. The number of rotatable bonds is 6. The van der Waals surface area contributed by atoms with Gasteiger partial charge in [-0.2, -0.15) is 0 Å². The van der Waals surface area contributed by atoms with Crippen LogP contribution in [0.25, 0.3) is 0 Å². The first-order chi connectivity index (χ1) is 17.3. The summed E-state index contributed by atoms with van der Waals surface area (Å²) in [5, 5.41) is 0.595. The molecule has 0 aromatic heterocycles. The van der Waals surface area contributed by atoms with Gasteiger partial charge in [0.1, 0.15) is 18.2 Å². The fraction of sp³-hybridized carbons (Fsp3) is 0.423. The molecule has 0 bridgehead atoms. The van der Waals surface area contributed by atoms with Crippen molar-refractivity contribution >= 4 is 29.5 Å². The zero-order valence-corrected chi connectivity index (χ0v) is 21.0. The van der Waals surface area contributed by atoms with E-state index in [1.165, 1.54) is 36.3 Å². The molecule has 4 rings (SSSR count). The number of likely N-dealkylation sites (N-methyl/N-ethyl adjacent to an activating group) is 1. The maximum Gasteiger partial charge on any atom is 0.415 e. The minimum Gasteiger partial charge on any atom is -0.410 e. The van der Waals surface area contributed by atoms with Crippen molar-refractivity contribution in [2.75, 3.05) is 46.9 Å². The van der Waals surface area contributed by atoms with Crippen LogP contribution in [0.4, 0.5) is 9.18 Å². The fourth-order valence-corrected chi connectivity index (χ4v) is 4.99. The summed E-state index contributed by atoms with van der Waals surface area (Å²) in [6, 6.07) is 12.2. The second kappa shape index (κ2) is 11.3. The zero-order chi connectivity index (χ0) is 25.8. The Labute approximate surface area is 214 Å². The van der Waals surface area contributed by atoms with Gasteiger partial charge in [-0.05, 0) is 48.4 Å². The Morgan fingerprint density at radius 3 is 2.39 bits per heavy atom. The number of carbonyl (C=O) groups excluding carboxylic acids is 3. The minimum absolute atomic E-state index is 0.00764. The quantitative estimate of drug-likeness (QED) is 0.587. The molecule has 2 aliphatic rings. The molecule has 0 radical (unpaired) electrons. The molecular weight excluding hydrogens is 489 g/mol. The molecule has 3 amide bonds. The molecule has 0 spiro atoms. The largest absolute Gasteiger partial charge is 0.415 e. The molecule has 3 atom stereocenters. The van der Waals surface area contributed by atoms with Crippen LogP contribution in [0, 0.1) is 11.7 Å². The van der Waals surface area contributed by atoms with Gasteiger partial charge in [0.05, 0.1) is 12.0 Å². The molecule has 8 nitrogen and oxygen atoms in total. The van der Waals surface area contributed by atoms with Crippen LogP contribution in [0.3, 0.4) is 0 Å². The van der Waals surface area contributed by atoms with Gasteiger partial charge in [0.15, 0.2) is 0 Å². The number of carbonyl (C=O) groups is 3. The molecular formula is C26H29ClFN3O5. The van der Waals surface area contributed by atoms with Crippen LogP contribution in [-0.2, 0) is 14.3 Å². The molecule has 36 heavy (non-hydrogen) atoms. The molecule has 2 fully saturated rings. The highest BCUT2D eigenvalue weighted by molar-refractivity contribution is 6.30. The summed E-state index contributed by atoms with van der Waals surface area (Å²) in [6.45, 7) is 1.61. The lowest BCUT2D eigenvalue weighted by Gasteiger charge is -2.28. The number of benzene rings is 2. The van der Waals surface area contributed by atoms with E-state index in [1.807, 2.05) is 12.1 Å². The summed E-state index contributed by atoms with van der Waals surface area (Å²) in [4.78, 5) is 43.5. The Morgan fingerprint density at radius 1 is 1.03 bits per heavy atom. The van der Waals surface area contributed by atoms with Crippen LogP contribution in [0.1, 0.15) is 17.9 Å². The van der Waals surface area contributed by atoms with Crippen molar-refractivity contribution in [3.05, 3.63) is 64.9 Å². The number of halogens is 2. The molecule has 2 aliphatic heterocycles. The number of hydrogen-bond acceptors (Lipinski definition) is 5. The number of nitrogens with zero attached hydrogens (tertiary/aromatic N) is 3. The van der Waals surface area contributed by atoms with Crippen molar-refractivity contribution in [2.45, 2.75) is 18.4 Å². The lowest BCUT2D eigenvalue weighted by atomic mass is 9.93. The van der Waals surface area contributed by atoms with E-state index in [2.05, 4.69) is 0 Å². The Morgan fingerprint density at radius 2 is 1.72 bits per heavy atom. The highest BCUT2D eigenvalue weighted by atomic mass is 35.5. The Kier molecular flexibility index (Phi) is 8.11. The van der Waals surface area contributed by atoms with E-state index >= 15 is 0 Å². The van der Waals surface area contributed by atoms with E-state index in [0.717, 1.165) is 5.56 Å². The third-order valence-electron chi connectivity index (χ3n) is 6.86. The molecule has 0 saturated carbocycles. The lowest BCUT2D eigenvalue weighted by Crippen LogP contribution is -2.44. The highest BCUT2D eigenvalue weighted by Gasteiger charge is 2.43. The maximum absolute atomic E-state index is 13.4. The van der Waals surface area contributed by atoms with E-state index in [0.29, 0.717) is 37.6 Å². The second-order valence-corrected chi connectivity index (χ2v) is 9.60. The predicted molar refractivity (Wildman–Crippen MR) is 131 cm³/mol. The molecule has 10 heteroatoms. The fourth-order valence-electron chi connectivity index (χ4n) is 4.87. The van der Waals surface area contributed by atoms with Crippen LogP contribution < -0.4 is 4.74 Å². The van der Waals surface area contributed by atoms with Gasteiger partial charge in [-0.15, -0.1) is 0 Å². The molecule has 3 unspecified atom stereocenters. The topological polar surface area (TPSA) is 79.4 Å². The normalized spacial score (nSPS) is 21.5. The van der Waals surface area contributed by atoms with Gasteiger partial charge < -0.3 is 24.2 Å². The van der Waals surface area contributed by atoms with Crippen molar-refractivity contribution in [3.63, 3.8) is 0 Å². The van der Waals surface area contributed by atoms with Gasteiger partial charge in [-0.3, -0.25) is 9.59 Å². The van der Waals surface area contributed by atoms with Crippen LogP contribution in [0.5, 0.6) is 5.75 Å². The summed E-state index contributed by atoms with van der Waals surface area (Å²) >= 11 is 6.08. The van der Waals surface area contributed by atoms with Gasteiger partial charge in [0.2, 0.25) is 11.8 Å². The molecule has 192 valence electrons. The SMILES string of the molecule is COCC(=O)N1CCC(C(=O)N2CC(c3ccc(Cl)cc3)C(N(C)C(=O)Oc3ccc(F)cc3)C2)C1. The van der Waals surface area contributed by atoms with Crippen LogP contribution >= 0.6 is 11.6 Å². The smallest absolute Gasteiger partial charge is 0.410 e. The van der Waals surface area contributed by atoms with E-state index in [-0.39, 0.29) is 42.0 Å². The lowest BCUT2D eigenvalue weighted by molar-refractivity contribution is -0.136. The molecule has 2 saturated heterocycles. The van der Waals surface area contributed by atoms with E-state index in [1.54, 1.807) is 29.0 Å². The van der Waals surface area contributed by atoms with Crippen LogP contribution in [-0.4, -0.2) is 85.6 Å². The monoisotopic (exact) mass is 517 g/mol. The van der Waals surface area contributed by atoms with Gasteiger partial charge in [0, 0.05) is 51.3 Å². The summed E-state index contributed by atoms with van der Waals surface area (Å²) < 4.78 is 23.6. The van der Waals surface area contributed by atoms with Gasteiger partial charge in [-0.1, -0.05) is 23.7 Å². The van der Waals surface area contributed by atoms with Crippen LogP contribution in [0.2, 0.25) is 5.02 Å². The number of ether oxygens (including phenoxy) is 2. The Hall–Kier alpha value is -3.17. The standard InChI is InChI=1S/C26H29ClFN3O5/c1-29(26(34)36-21-9-7-20(28)8-10-21)23-15-31(14-22(23)17-3-5-19(27)6-4-17)25(33)18-11-12-30(13-18)24(32)16-35-2/h3-10,18,22-23H,11-16H2,1-2H3. The number of amides is 3. The Balaban J connectivity index is 1.49. The molecule has 0 aliphatic carbocycles. The second-order valence-electron chi connectivity index (χ2n) is 9.16. The van der Waals surface area contributed by atoms with Gasteiger partial charge >= 0.3 is 6.09 Å².